The number of rotatable bonds is 7. The molecule has 0 aliphatic carbocycles. The van der Waals surface area contributed by atoms with Gasteiger partial charge in [0.05, 0.1) is 0 Å². The second-order valence-corrected chi connectivity index (χ2v) is 8.50. The van der Waals surface area contributed by atoms with Crippen molar-refractivity contribution >= 4 is 38.9 Å². The van der Waals surface area contributed by atoms with E-state index in [1.54, 1.807) is 43.5 Å². The van der Waals surface area contributed by atoms with E-state index >= 15 is 0 Å². The van der Waals surface area contributed by atoms with Crippen molar-refractivity contribution in [3.63, 3.8) is 0 Å². The highest BCUT2D eigenvalue weighted by molar-refractivity contribution is 7.92. The molecule has 0 bridgehead atoms. The maximum Gasteiger partial charge on any atom is 0.267 e. The van der Waals surface area contributed by atoms with Crippen LogP contribution in [0.3, 0.4) is 0 Å². The summed E-state index contributed by atoms with van der Waals surface area (Å²) in [5.41, 5.74) is 0.747. The molecular formula is C22H18F2N6O2S. The van der Waals surface area contributed by atoms with Crippen LogP contribution in [0.25, 0.3) is 0 Å². The molecule has 0 amide bonds. The lowest BCUT2D eigenvalue weighted by Gasteiger charge is -2.12. The second-order valence-electron chi connectivity index (χ2n) is 6.88. The number of hydrogen-bond acceptors (Lipinski definition) is 7. The summed E-state index contributed by atoms with van der Waals surface area (Å²) in [6, 6.07) is 16.1. The number of aromatic nitrogens is 3. The Labute approximate surface area is 188 Å². The van der Waals surface area contributed by atoms with Gasteiger partial charge in [0, 0.05) is 23.6 Å². The lowest BCUT2D eigenvalue weighted by Crippen LogP contribution is -2.16. The highest BCUT2D eigenvalue weighted by Gasteiger charge is 2.23. The zero-order chi connectivity index (χ0) is 23.4. The van der Waals surface area contributed by atoms with Crippen LogP contribution in [-0.4, -0.2) is 23.4 Å². The molecule has 8 nitrogen and oxygen atoms in total. The Balaban J connectivity index is 1.49. The van der Waals surface area contributed by atoms with Gasteiger partial charge >= 0.3 is 0 Å². The summed E-state index contributed by atoms with van der Waals surface area (Å²) in [6.45, 7) is 1.74. The molecule has 2 aromatic carbocycles. The predicted octanol–water partition coefficient (Wildman–Crippen LogP) is 4.75. The number of pyridine rings is 1. The van der Waals surface area contributed by atoms with E-state index < -0.39 is 26.6 Å². The first-order valence-corrected chi connectivity index (χ1v) is 11.2. The van der Waals surface area contributed by atoms with Gasteiger partial charge in [0.1, 0.15) is 34.9 Å². The van der Waals surface area contributed by atoms with Crippen LogP contribution in [0.1, 0.15) is 5.82 Å². The van der Waals surface area contributed by atoms with Gasteiger partial charge in [-0.2, -0.15) is 0 Å². The molecule has 0 saturated heterocycles. The largest absolute Gasteiger partial charge is 0.340 e. The minimum atomic E-state index is -4.44. The van der Waals surface area contributed by atoms with Crippen LogP contribution in [0.15, 0.2) is 77.8 Å². The van der Waals surface area contributed by atoms with E-state index in [-0.39, 0.29) is 5.69 Å². The standard InChI is InChI=1S/C22H18F2N6O2S/c1-14-26-20(13-21(27-14)29-19-7-2-3-12-25-19)28-15-8-10-16(11-9-15)30-33(31,32)22-17(23)5-4-6-18(22)24/h2-13,30H,1H3,(H2,25,26,27,28,29). The summed E-state index contributed by atoms with van der Waals surface area (Å²) in [7, 11) is -4.44. The second kappa shape index (κ2) is 9.17. The van der Waals surface area contributed by atoms with Crippen molar-refractivity contribution in [2.24, 2.45) is 0 Å². The molecule has 4 aromatic rings. The lowest BCUT2D eigenvalue weighted by atomic mass is 10.3. The number of benzene rings is 2. The first kappa shape index (κ1) is 22.1. The van der Waals surface area contributed by atoms with Crippen molar-refractivity contribution in [2.75, 3.05) is 15.4 Å². The highest BCUT2D eigenvalue weighted by atomic mass is 32.2. The lowest BCUT2D eigenvalue weighted by molar-refractivity contribution is 0.521. The van der Waals surface area contributed by atoms with Crippen LogP contribution in [0.2, 0.25) is 0 Å². The quantitative estimate of drug-likeness (QED) is 0.359. The zero-order valence-electron chi connectivity index (χ0n) is 17.3. The van der Waals surface area contributed by atoms with E-state index in [0.717, 1.165) is 18.2 Å². The average molecular weight is 468 g/mol. The molecule has 0 aliphatic heterocycles. The summed E-state index contributed by atoms with van der Waals surface area (Å²) >= 11 is 0. The maximum atomic E-state index is 13.9. The van der Waals surface area contributed by atoms with Crippen LogP contribution in [0.4, 0.5) is 37.6 Å². The third kappa shape index (κ3) is 5.39. The molecule has 0 spiro atoms. The molecular weight excluding hydrogens is 450 g/mol. The molecule has 2 aromatic heterocycles. The van der Waals surface area contributed by atoms with E-state index in [1.807, 2.05) is 6.07 Å². The molecule has 0 radical (unpaired) electrons. The molecule has 33 heavy (non-hydrogen) atoms. The number of hydrogen-bond donors (Lipinski definition) is 3. The van der Waals surface area contributed by atoms with Crippen molar-refractivity contribution in [2.45, 2.75) is 11.8 Å². The van der Waals surface area contributed by atoms with Gasteiger partial charge in [-0.05, 0) is 55.5 Å². The number of anilines is 5. The Morgan fingerprint density at radius 3 is 2.03 bits per heavy atom. The Kier molecular flexibility index (Phi) is 6.13. The summed E-state index contributed by atoms with van der Waals surface area (Å²) in [4.78, 5) is 11.8. The minimum absolute atomic E-state index is 0.138. The molecule has 168 valence electrons. The van der Waals surface area contributed by atoms with Crippen LogP contribution in [0, 0.1) is 18.6 Å². The monoisotopic (exact) mass is 468 g/mol. The van der Waals surface area contributed by atoms with E-state index in [9.17, 15) is 17.2 Å². The van der Waals surface area contributed by atoms with Crippen LogP contribution >= 0.6 is 0 Å². The van der Waals surface area contributed by atoms with Crippen molar-refractivity contribution in [1.82, 2.24) is 15.0 Å². The molecule has 0 aliphatic rings. The smallest absolute Gasteiger partial charge is 0.267 e. The molecule has 11 heteroatoms. The number of halogens is 2. The first-order chi connectivity index (χ1) is 15.8. The summed E-state index contributed by atoms with van der Waals surface area (Å²) in [5, 5.41) is 6.19. The maximum absolute atomic E-state index is 13.9. The van der Waals surface area contributed by atoms with Crippen molar-refractivity contribution in [3.05, 3.63) is 90.4 Å². The highest BCUT2D eigenvalue weighted by Crippen LogP contribution is 2.24. The number of sulfonamides is 1. The number of aryl methyl sites for hydroxylation is 1. The van der Waals surface area contributed by atoms with Gasteiger partial charge < -0.3 is 10.6 Å². The molecule has 3 N–H and O–H groups in total. The Bertz CT molecular complexity index is 1360. The van der Waals surface area contributed by atoms with Gasteiger partial charge in [0.25, 0.3) is 10.0 Å². The van der Waals surface area contributed by atoms with Crippen molar-refractivity contribution < 1.29 is 17.2 Å². The van der Waals surface area contributed by atoms with E-state index in [4.69, 9.17) is 0 Å². The number of nitrogens with zero attached hydrogens (tertiary/aromatic N) is 3. The van der Waals surface area contributed by atoms with Gasteiger partial charge in [-0.15, -0.1) is 0 Å². The average Bonchev–Trinajstić information content (AvgIpc) is 2.75. The minimum Gasteiger partial charge on any atom is -0.340 e. The van der Waals surface area contributed by atoms with Gasteiger partial charge in [-0.1, -0.05) is 12.1 Å². The van der Waals surface area contributed by atoms with Gasteiger partial charge in [0.2, 0.25) is 0 Å². The molecule has 0 fully saturated rings. The summed E-state index contributed by atoms with van der Waals surface area (Å²) in [6.07, 6.45) is 1.66. The molecule has 0 atom stereocenters. The van der Waals surface area contributed by atoms with Crippen LogP contribution in [0.5, 0.6) is 0 Å². The van der Waals surface area contributed by atoms with Crippen molar-refractivity contribution in [3.8, 4) is 0 Å². The van der Waals surface area contributed by atoms with Crippen LogP contribution < -0.4 is 15.4 Å². The molecule has 0 unspecified atom stereocenters. The third-order valence-corrected chi connectivity index (χ3v) is 5.79. The number of nitrogens with one attached hydrogen (secondary N) is 3. The third-order valence-electron chi connectivity index (χ3n) is 4.36. The van der Waals surface area contributed by atoms with E-state index in [0.29, 0.717) is 29.0 Å². The Morgan fingerprint density at radius 1 is 0.758 bits per heavy atom. The van der Waals surface area contributed by atoms with E-state index in [1.165, 1.54) is 12.1 Å². The normalized spacial score (nSPS) is 11.1. The zero-order valence-corrected chi connectivity index (χ0v) is 18.1. The Hall–Kier alpha value is -4.12. The first-order valence-electron chi connectivity index (χ1n) is 9.68. The van der Waals surface area contributed by atoms with Gasteiger partial charge in [-0.3, -0.25) is 4.72 Å². The predicted molar refractivity (Wildman–Crippen MR) is 121 cm³/mol. The van der Waals surface area contributed by atoms with E-state index in [2.05, 4.69) is 30.3 Å². The fraction of sp³-hybridized carbons (Fsp3) is 0.0455. The molecule has 4 rings (SSSR count). The van der Waals surface area contributed by atoms with Crippen LogP contribution in [-0.2, 0) is 10.0 Å². The fourth-order valence-corrected chi connectivity index (χ4v) is 4.18. The summed E-state index contributed by atoms with van der Waals surface area (Å²) in [5.74, 6) is -0.146. The topological polar surface area (TPSA) is 109 Å². The van der Waals surface area contributed by atoms with Gasteiger partial charge in [0.15, 0.2) is 4.90 Å². The van der Waals surface area contributed by atoms with Gasteiger partial charge in [-0.25, -0.2) is 32.2 Å². The molecule has 0 saturated carbocycles. The fourth-order valence-electron chi connectivity index (χ4n) is 2.98. The summed E-state index contributed by atoms with van der Waals surface area (Å²) < 4.78 is 54.7. The van der Waals surface area contributed by atoms with Crippen molar-refractivity contribution in [1.29, 1.82) is 0 Å². The Morgan fingerprint density at radius 2 is 1.39 bits per heavy atom. The SMILES string of the molecule is Cc1nc(Nc2ccc(NS(=O)(=O)c3c(F)cccc3F)cc2)cc(Nc2ccccn2)n1. The molecule has 2 heterocycles.